The van der Waals surface area contributed by atoms with Crippen molar-refractivity contribution in [3.05, 3.63) is 29.4 Å². The van der Waals surface area contributed by atoms with Gasteiger partial charge in [0.05, 0.1) is 12.8 Å². The highest BCUT2D eigenvalue weighted by atomic mass is 32.1. The Morgan fingerprint density at radius 3 is 2.94 bits per heavy atom. The van der Waals surface area contributed by atoms with Gasteiger partial charge in [-0.1, -0.05) is 19.8 Å². The lowest BCUT2D eigenvalue weighted by molar-refractivity contribution is -0.136. The van der Waals surface area contributed by atoms with Crippen molar-refractivity contribution in [1.29, 1.82) is 0 Å². The first-order chi connectivity index (χ1) is 14.8. The second-order valence-corrected chi connectivity index (χ2v) is 8.73. The number of imide groups is 1. The maximum absolute atomic E-state index is 13.9. The van der Waals surface area contributed by atoms with Crippen LogP contribution in [0.4, 0.5) is 14.3 Å². The Bertz CT molecular complexity index is 1040. The second-order valence-electron chi connectivity index (χ2n) is 7.88. The van der Waals surface area contributed by atoms with Crippen LogP contribution in [0.1, 0.15) is 32.6 Å². The number of hydrogen-bond donors (Lipinski definition) is 2. The fourth-order valence-corrected chi connectivity index (χ4v) is 4.97. The molecule has 164 valence electrons. The van der Waals surface area contributed by atoms with Gasteiger partial charge in [0.15, 0.2) is 16.7 Å². The predicted octanol–water partition coefficient (Wildman–Crippen LogP) is 3.40. The highest BCUT2D eigenvalue weighted by molar-refractivity contribution is 7.14. The number of benzene rings is 1. The quantitative estimate of drug-likeness (QED) is 0.686. The topological polar surface area (TPSA) is 101 Å². The number of thiazole rings is 1. The van der Waals surface area contributed by atoms with Crippen molar-refractivity contribution in [3.8, 4) is 17.0 Å². The molecule has 2 N–H and O–H groups in total. The molecule has 1 saturated carbocycles. The van der Waals surface area contributed by atoms with E-state index in [1.807, 2.05) is 6.92 Å². The highest BCUT2D eigenvalue weighted by Gasteiger charge is 2.55. The van der Waals surface area contributed by atoms with Crippen LogP contribution >= 0.6 is 11.3 Å². The molecule has 2 aliphatic rings. The largest absolute Gasteiger partial charge is 0.494 e. The maximum Gasteiger partial charge on any atom is 0.325 e. The van der Waals surface area contributed by atoms with Gasteiger partial charge in [-0.25, -0.2) is 14.2 Å². The van der Waals surface area contributed by atoms with E-state index in [-0.39, 0.29) is 24.1 Å². The summed E-state index contributed by atoms with van der Waals surface area (Å²) in [5, 5.41) is 7.42. The number of rotatable bonds is 5. The van der Waals surface area contributed by atoms with Gasteiger partial charge in [-0.05, 0) is 37.0 Å². The van der Waals surface area contributed by atoms with Crippen LogP contribution in [0.5, 0.6) is 5.75 Å². The van der Waals surface area contributed by atoms with Gasteiger partial charge in [-0.15, -0.1) is 11.3 Å². The SMILES string of the molecule is COc1ccc(-c2csc(NC(=O)CN3C(=O)NC4(CCCCC4C)C3=O)n2)cc1F. The van der Waals surface area contributed by atoms with Crippen molar-refractivity contribution in [3.63, 3.8) is 0 Å². The molecule has 31 heavy (non-hydrogen) atoms. The summed E-state index contributed by atoms with van der Waals surface area (Å²) in [4.78, 5) is 43.2. The number of halogens is 1. The minimum Gasteiger partial charge on any atom is -0.494 e. The summed E-state index contributed by atoms with van der Waals surface area (Å²) in [6.07, 6.45) is 3.34. The summed E-state index contributed by atoms with van der Waals surface area (Å²) >= 11 is 1.17. The molecular formula is C21H23FN4O4S. The van der Waals surface area contributed by atoms with Crippen LogP contribution in [0.2, 0.25) is 0 Å². The molecule has 2 atom stereocenters. The number of nitrogens with zero attached hydrogens (tertiary/aromatic N) is 2. The molecule has 1 aromatic heterocycles. The molecule has 1 aromatic carbocycles. The number of ether oxygens (including phenoxy) is 1. The van der Waals surface area contributed by atoms with E-state index < -0.39 is 23.3 Å². The molecular weight excluding hydrogens is 423 g/mol. The lowest BCUT2D eigenvalue weighted by Crippen LogP contribution is -2.54. The van der Waals surface area contributed by atoms with E-state index in [1.54, 1.807) is 11.4 Å². The molecule has 1 spiro atoms. The maximum atomic E-state index is 13.9. The van der Waals surface area contributed by atoms with Crippen LogP contribution in [0, 0.1) is 11.7 Å². The standard InChI is InChI=1S/C21H23FN4O4S/c1-12-5-3-4-8-21(12)18(28)26(20(29)25-21)10-17(27)24-19-23-15(11-31-19)13-6-7-16(30-2)14(22)9-13/h6-7,9,11-12H,3-5,8,10H2,1-2H3,(H,25,29)(H,23,24,27). The summed E-state index contributed by atoms with van der Waals surface area (Å²) in [5.74, 6) is -1.22. The third-order valence-electron chi connectivity index (χ3n) is 6.00. The normalized spacial score (nSPS) is 23.2. The molecule has 1 aliphatic heterocycles. The Balaban J connectivity index is 1.42. The van der Waals surface area contributed by atoms with Gasteiger partial charge in [-0.3, -0.25) is 14.5 Å². The van der Waals surface area contributed by atoms with Crippen molar-refractivity contribution in [2.45, 2.75) is 38.1 Å². The summed E-state index contributed by atoms with van der Waals surface area (Å²) in [6, 6.07) is 3.93. The number of hydrogen-bond acceptors (Lipinski definition) is 6. The number of methoxy groups -OCH3 is 1. The molecule has 0 radical (unpaired) electrons. The lowest BCUT2D eigenvalue weighted by atomic mass is 9.73. The van der Waals surface area contributed by atoms with Crippen LogP contribution in [-0.2, 0) is 9.59 Å². The third kappa shape index (κ3) is 3.87. The van der Waals surface area contributed by atoms with Crippen molar-refractivity contribution in [2.75, 3.05) is 19.0 Å². The number of nitrogens with one attached hydrogen (secondary N) is 2. The summed E-state index contributed by atoms with van der Waals surface area (Å²) < 4.78 is 18.8. The molecule has 8 nitrogen and oxygen atoms in total. The molecule has 0 bridgehead atoms. The van der Waals surface area contributed by atoms with E-state index in [0.29, 0.717) is 22.8 Å². The van der Waals surface area contributed by atoms with Crippen LogP contribution < -0.4 is 15.4 Å². The number of urea groups is 1. The van der Waals surface area contributed by atoms with E-state index >= 15 is 0 Å². The van der Waals surface area contributed by atoms with Crippen molar-refractivity contribution in [2.24, 2.45) is 5.92 Å². The number of carbonyl (C=O) groups is 3. The molecule has 4 rings (SSSR count). The molecule has 2 fully saturated rings. The van der Waals surface area contributed by atoms with E-state index in [0.717, 1.165) is 24.2 Å². The van der Waals surface area contributed by atoms with Gasteiger partial charge in [-0.2, -0.15) is 0 Å². The zero-order valence-corrected chi connectivity index (χ0v) is 18.1. The Hall–Kier alpha value is -3.01. The minimum absolute atomic E-state index is 0.0252. The van der Waals surface area contributed by atoms with Gasteiger partial charge in [0, 0.05) is 10.9 Å². The van der Waals surface area contributed by atoms with E-state index in [4.69, 9.17) is 4.74 Å². The lowest BCUT2D eigenvalue weighted by Gasteiger charge is -2.36. The Labute approximate surface area is 182 Å². The Kier molecular flexibility index (Phi) is 5.65. The fraction of sp³-hybridized carbons (Fsp3) is 0.429. The molecule has 4 amide bonds. The predicted molar refractivity (Wildman–Crippen MR) is 113 cm³/mol. The first-order valence-electron chi connectivity index (χ1n) is 10.1. The minimum atomic E-state index is -0.900. The average molecular weight is 447 g/mol. The van der Waals surface area contributed by atoms with Crippen LogP contribution in [0.25, 0.3) is 11.3 Å². The first kappa shape index (κ1) is 21.2. The van der Waals surface area contributed by atoms with E-state index in [9.17, 15) is 18.8 Å². The van der Waals surface area contributed by atoms with E-state index in [2.05, 4.69) is 15.6 Å². The molecule has 10 heteroatoms. The summed E-state index contributed by atoms with van der Waals surface area (Å²) in [6.45, 7) is 1.57. The van der Waals surface area contributed by atoms with Gasteiger partial charge >= 0.3 is 6.03 Å². The van der Waals surface area contributed by atoms with Gasteiger partial charge in [0.2, 0.25) is 5.91 Å². The smallest absolute Gasteiger partial charge is 0.325 e. The zero-order valence-electron chi connectivity index (χ0n) is 17.2. The zero-order chi connectivity index (χ0) is 22.2. The number of carbonyl (C=O) groups excluding carboxylic acids is 3. The van der Waals surface area contributed by atoms with Gasteiger partial charge < -0.3 is 15.4 Å². The number of anilines is 1. The van der Waals surface area contributed by atoms with Crippen molar-refractivity contribution in [1.82, 2.24) is 15.2 Å². The average Bonchev–Trinajstić information content (AvgIpc) is 3.29. The van der Waals surface area contributed by atoms with E-state index in [1.165, 1.54) is 30.6 Å². The summed E-state index contributed by atoms with van der Waals surface area (Å²) in [7, 11) is 1.39. The number of amides is 4. The molecule has 1 saturated heterocycles. The van der Waals surface area contributed by atoms with Crippen molar-refractivity contribution < 1.29 is 23.5 Å². The highest BCUT2D eigenvalue weighted by Crippen LogP contribution is 2.38. The fourth-order valence-electron chi connectivity index (χ4n) is 4.23. The monoisotopic (exact) mass is 446 g/mol. The molecule has 1 aliphatic carbocycles. The molecule has 2 aromatic rings. The first-order valence-corrected chi connectivity index (χ1v) is 11.0. The molecule has 2 unspecified atom stereocenters. The van der Waals surface area contributed by atoms with Crippen molar-refractivity contribution >= 4 is 34.3 Å². The second kappa shape index (κ2) is 8.26. The van der Waals surface area contributed by atoms with Crippen LogP contribution in [0.15, 0.2) is 23.6 Å². The molecule has 2 heterocycles. The Morgan fingerprint density at radius 2 is 2.23 bits per heavy atom. The van der Waals surface area contributed by atoms with Gasteiger partial charge in [0.1, 0.15) is 12.1 Å². The van der Waals surface area contributed by atoms with Gasteiger partial charge in [0.25, 0.3) is 5.91 Å². The summed E-state index contributed by atoms with van der Waals surface area (Å²) in [5.41, 5.74) is 0.131. The van der Waals surface area contributed by atoms with Crippen LogP contribution in [0.3, 0.4) is 0 Å². The third-order valence-corrected chi connectivity index (χ3v) is 6.76. The Morgan fingerprint density at radius 1 is 1.42 bits per heavy atom. The number of aromatic nitrogens is 1. The van der Waals surface area contributed by atoms with Crippen LogP contribution in [-0.4, -0.2) is 46.9 Å².